The Hall–Kier alpha value is -3.28. The molecule has 1 amide bonds. The molecule has 0 saturated carbocycles. The van der Waals surface area contributed by atoms with Gasteiger partial charge in [0, 0.05) is 17.9 Å². The molecule has 0 aliphatic carbocycles. The Morgan fingerprint density at radius 3 is 2.62 bits per heavy atom. The Labute approximate surface area is 151 Å². The smallest absolute Gasteiger partial charge is 0.270 e. The summed E-state index contributed by atoms with van der Waals surface area (Å²) < 4.78 is 13.3. The summed E-state index contributed by atoms with van der Waals surface area (Å²) in [5.41, 5.74) is 3.57. The van der Waals surface area contributed by atoms with E-state index in [1.165, 1.54) is 12.1 Å². The number of benzene rings is 2. The highest BCUT2D eigenvalue weighted by Gasteiger charge is 2.11. The summed E-state index contributed by atoms with van der Waals surface area (Å²) >= 11 is 0. The van der Waals surface area contributed by atoms with Gasteiger partial charge in [-0.15, -0.1) is 0 Å². The first kappa shape index (κ1) is 17.5. The fourth-order valence-electron chi connectivity index (χ4n) is 2.51. The van der Waals surface area contributed by atoms with Crippen LogP contribution in [0.1, 0.15) is 27.3 Å². The molecule has 1 heterocycles. The van der Waals surface area contributed by atoms with Crippen molar-refractivity contribution in [3.05, 3.63) is 82.9 Å². The number of aryl methyl sites for hydroxylation is 2. The van der Waals surface area contributed by atoms with E-state index < -0.39 is 0 Å². The minimum atomic E-state index is -0.362. The lowest BCUT2D eigenvalue weighted by molar-refractivity contribution is 0.0945. The molecule has 0 aliphatic rings. The van der Waals surface area contributed by atoms with Crippen LogP contribution in [0, 0.1) is 19.7 Å². The highest BCUT2D eigenvalue weighted by atomic mass is 19.1. The van der Waals surface area contributed by atoms with E-state index in [9.17, 15) is 9.18 Å². The Balaban J connectivity index is 1.74. The third-order valence-corrected chi connectivity index (χ3v) is 3.87. The molecule has 26 heavy (non-hydrogen) atoms. The Kier molecular flexibility index (Phi) is 5.22. The number of amides is 1. The number of nitrogens with one attached hydrogen (secondary N) is 2. The lowest BCUT2D eigenvalue weighted by Crippen LogP contribution is -2.24. The van der Waals surface area contributed by atoms with Gasteiger partial charge in [-0.25, -0.2) is 14.4 Å². The Bertz CT molecular complexity index is 943. The first-order valence-corrected chi connectivity index (χ1v) is 8.22. The predicted octanol–water partition coefficient (Wildman–Crippen LogP) is 3.91. The minimum Gasteiger partial charge on any atom is -0.347 e. The van der Waals surface area contributed by atoms with Crippen LogP contribution in [-0.4, -0.2) is 15.9 Å². The van der Waals surface area contributed by atoms with Crippen molar-refractivity contribution in [1.29, 1.82) is 0 Å². The Morgan fingerprint density at radius 2 is 1.85 bits per heavy atom. The van der Waals surface area contributed by atoms with E-state index in [1.54, 1.807) is 25.1 Å². The molecule has 6 heteroatoms. The quantitative estimate of drug-likeness (QED) is 0.732. The maximum atomic E-state index is 13.3. The van der Waals surface area contributed by atoms with E-state index in [1.807, 2.05) is 31.2 Å². The van der Waals surface area contributed by atoms with Gasteiger partial charge in [-0.2, -0.15) is 0 Å². The van der Waals surface area contributed by atoms with Gasteiger partial charge in [-0.05, 0) is 49.2 Å². The number of hydrogen-bond donors (Lipinski definition) is 2. The van der Waals surface area contributed by atoms with Gasteiger partial charge < -0.3 is 10.6 Å². The van der Waals surface area contributed by atoms with Crippen molar-refractivity contribution >= 4 is 17.5 Å². The molecular formula is C20H19FN4O. The van der Waals surface area contributed by atoms with E-state index in [2.05, 4.69) is 20.6 Å². The topological polar surface area (TPSA) is 66.9 Å². The lowest BCUT2D eigenvalue weighted by Gasteiger charge is -2.10. The van der Waals surface area contributed by atoms with Crippen molar-refractivity contribution in [1.82, 2.24) is 15.3 Å². The average Bonchev–Trinajstić information content (AvgIpc) is 2.60. The molecule has 0 saturated heterocycles. The predicted molar refractivity (Wildman–Crippen MR) is 98.8 cm³/mol. The van der Waals surface area contributed by atoms with Crippen LogP contribution in [0.4, 0.5) is 16.0 Å². The molecule has 2 aromatic carbocycles. The van der Waals surface area contributed by atoms with Crippen molar-refractivity contribution in [3.8, 4) is 0 Å². The number of carbonyl (C=O) groups excluding carboxylic acids is 1. The van der Waals surface area contributed by atoms with Crippen LogP contribution < -0.4 is 10.6 Å². The van der Waals surface area contributed by atoms with Gasteiger partial charge in [0.1, 0.15) is 11.5 Å². The second-order valence-electron chi connectivity index (χ2n) is 5.96. The first-order valence-electron chi connectivity index (χ1n) is 8.22. The van der Waals surface area contributed by atoms with Gasteiger partial charge in [0.25, 0.3) is 5.91 Å². The molecule has 0 bridgehead atoms. The number of hydrogen-bond acceptors (Lipinski definition) is 4. The lowest BCUT2D eigenvalue weighted by atomic mass is 10.1. The minimum absolute atomic E-state index is 0.247. The summed E-state index contributed by atoms with van der Waals surface area (Å²) in [6.45, 7) is 4.19. The van der Waals surface area contributed by atoms with Crippen LogP contribution in [0.25, 0.3) is 0 Å². The van der Waals surface area contributed by atoms with E-state index in [-0.39, 0.29) is 23.4 Å². The second kappa shape index (κ2) is 7.74. The Morgan fingerprint density at radius 1 is 1.04 bits per heavy atom. The van der Waals surface area contributed by atoms with Crippen molar-refractivity contribution in [2.75, 3.05) is 5.32 Å². The normalized spacial score (nSPS) is 10.4. The average molecular weight is 350 g/mol. The summed E-state index contributed by atoms with van der Waals surface area (Å²) in [4.78, 5) is 20.9. The first-order chi connectivity index (χ1) is 12.5. The van der Waals surface area contributed by atoms with Crippen molar-refractivity contribution < 1.29 is 9.18 Å². The number of halogens is 1. The SMILES string of the molecule is Cc1cc(C(=O)NCc2ccccc2C)nc(Nc2cccc(F)c2)n1. The van der Waals surface area contributed by atoms with Crippen LogP contribution in [0.5, 0.6) is 0 Å². The molecule has 3 aromatic rings. The molecule has 5 nitrogen and oxygen atoms in total. The standard InChI is InChI=1S/C20H19FN4O/c1-13-6-3-4-7-15(13)12-22-19(26)18-10-14(2)23-20(25-18)24-17-9-5-8-16(21)11-17/h3-11H,12H2,1-2H3,(H,22,26)(H,23,24,25). The van der Waals surface area contributed by atoms with Crippen molar-refractivity contribution in [2.45, 2.75) is 20.4 Å². The highest BCUT2D eigenvalue weighted by Crippen LogP contribution is 2.15. The summed E-state index contributed by atoms with van der Waals surface area (Å²) in [5, 5.41) is 5.79. The van der Waals surface area contributed by atoms with Crippen LogP contribution in [0.15, 0.2) is 54.6 Å². The second-order valence-corrected chi connectivity index (χ2v) is 5.96. The largest absolute Gasteiger partial charge is 0.347 e. The number of rotatable bonds is 5. The maximum absolute atomic E-state index is 13.3. The maximum Gasteiger partial charge on any atom is 0.270 e. The molecule has 2 N–H and O–H groups in total. The van der Waals surface area contributed by atoms with Crippen LogP contribution >= 0.6 is 0 Å². The highest BCUT2D eigenvalue weighted by molar-refractivity contribution is 5.92. The van der Waals surface area contributed by atoms with Gasteiger partial charge >= 0.3 is 0 Å². The van der Waals surface area contributed by atoms with Crippen LogP contribution in [0.3, 0.4) is 0 Å². The van der Waals surface area contributed by atoms with Crippen LogP contribution in [-0.2, 0) is 6.54 Å². The van der Waals surface area contributed by atoms with Crippen molar-refractivity contribution in [3.63, 3.8) is 0 Å². The summed E-state index contributed by atoms with van der Waals surface area (Å²) in [6, 6.07) is 15.5. The third kappa shape index (κ3) is 4.42. The van der Waals surface area contributed by atoms with E-state index >= 15 is 0 Å². The molecule has 0 radical (unpaired) electrons. The molecule has 0 unspecified atom stereocenters. The molecule has 3 rings (SSSR count). The molecule has 0 aliphatic heterocycles. The fourth-order valence-corrected chi connectivity index (χ4v) is 2.51. The van der Waals surface area contributed by atoms with Gasteiger partial charge in [0.05, 0.1) is 0 Å². The van der Waals surface area contributed by atoms with Crippen LogP contribution in [0.2, 0.25) is 0 Å². The summed E-state index contributed by atoms with van der Waals surface area (Å²) in [5.74, 6) is -0.406. The molecule has 0 atom stereocenters. The zero-order valence-electron chi connectivity index (χ0n) is 14.6. The van der Waals surface area contributed by atoms with Gasteiger partial charge in [0.15, 0.2) is 0 Å². The summed E-state index contributed by atoms with van der Waals surface area (Å²) in [6.07, 6.45) is 0. The van der Waals surface area contributed by atoms with Gasteiger partial charge in [0.2, 0.25) is 5.95 Å². The zero-order valence-corrected chi connectivity index (χ0v) is 14.6. The van der Waals surface area contributed by atoms with Gasteiger partial charge in [-0.1, -0.05) is 30.3 Å². The van der Waals surface area contributed by atoms with E-state index in [0.29, 0.717) is 17.9 Å². The van der Waals surface area contributed by atoms with Crippen molar-refractivity contribution in [2.24, 2.45) is 0 Å². The van der Waals surface area contributed by atoms with E-state index in [0.717, 1.165) is 11.1 Å². The monoisotopic (exact) mass is 350 g/mol. The fraction of sp³-hybridized carbons (Fsp3) is 0.150. The molecule has 1 aromatic heterocycles. The molecule has 0 spiro atoms. The van der Waals surface area contributed by atoms with E-state index in [4.69, 9.17) is 0 Å². The number of nitrogens with zero attached hydrogens (tertiary/aromatic N) is 2. The number of carbonyl (C=O) groups is 1. The molecular weight excluding hydrogens is 331 g/mol. The third-order valence-electron chi connectivity index (χ3n) is 3.87. The molecule has 132 valence electrons. The number of anilines is 2. The van der Waals surface area contributed by atoms with Gasteiger partial charge in [-0.3, -0.25) is 4.79 Å². The summed E-state index contributed by atoms with van der Waals surface area (Å²) in [7, 11) is 0. The zero-order chi connectivity index (χ0) is 18.5. The number of aromatic nitrogens is 2. The molecule has 0 fully saturated rings.